The quantitative estimate of drug-likeness (QED) is 0.883. The molecule has 5 heteroatoms. The van der Waals surface area contributed by atoms with Crippen molar-refractivity contribution in [1.82, 2.24) is 0 Å². The smallest absolute Gasteiger partial charge is 0.144 e. The number of thiophene rings is 1. The van der Waals surface area contributed by atoms with Gasteiger partial charge in [-0.2, -0.15) is 5.26 Å². The third kappa shape index (κ3) is 4.06. The number of benzene rings is 1. The first-order chi connectivity index (χ1) is 10.2. The van der Waals surface area contributed by atoms with Crippen molar-refractivity contribution in [1.29, 1.82) is 5.26 Å². The fourth-order valence-electron chi connectivity index (χ4n) is 1.62. The molecule has 2 aromatic rings. The van der Waals surface area contributed by atoms with Crippen LogP contribution in [0.3, 0.4) is 0 Å². The molecule has 1 N–H and O–H groups in total. The molecule has 21 heavy (non-hydrogen) atoms. The molecule has 0 bridgehead atoms. The zero-order chi connectivity index (χ0) is 15.1. The molecule has 0 aliphatic heterocycles. The van der Waals surface area contributed by atoms with Crippen LogP contribution in [0.15, 0.2) is 29.6 Å². The van der Waals surface area contributed by atoms with Crippen LogP contribution < -0.4 is 4.74 Å². The molecule has 3 nitrogen and oxygen atoms in total. The lowest BCUT2D eigenvalue weighted by Gasteiger charge is -2.06. The Balaban J connectivity index is 2.03. The number of halogens is 1. The predicted octanol–water partition coefficient (Wildman–Crippen LogP) is 3.07. The number of nitriles is 1. The number of aliphatic hydroxyl groups is 1. The molecular weight excluding hydrogens is 289 g/mol. The molecular formula is C16H12FNO2S. The minimum absolute atomic E-state index is 0.0453. The fourth-order valence-corrected chi connectivity index (χ4v) is 2.35. The maximum atomic E-state index is 13.4. The second-order valence-electron chi connectivity index (χ2n) is 4.09. The Labute approximate surface area is 126 Å². The third-order valence-electron chi connectivity index (χ3n) is 2.58. The predicted molar refractivity (Wildman–Crippen MR) is 78.3 cm³/mol. The van der Waals surface area contributed by atoms with Crippen LogP contribution in [-0.2, 0) is 6.61 Å². The summed E-state index contributed by atoms with van der Waals surface area (Å²) >= 11 is 1.48. The Morgan fingerprint density at radius 3 is 3.00 bits per heavy atom. The number of hydrogen-bond acceptors (Lipinski definition) is 4. The minimum Gasteiger partial charge on any atom is -0.487 e. The van der Waals surface area contributed by atoms with Crippen LogP contribution in [0.2, 0.25) is 0 Å². The van der Waals surface area contributed by atoms with Gasteiger partial charge in [-0.15, -0.1) is 11.3 Å². The lowest BCUT2D eigenvalue weighted by atomic mass is 10.2. The van der Waals surface area contributed by atoms with Gasteiger partial charge in [-0.05, 0) is 18.2 Å². The Kier molecular flexibility index (Phi) is 5.34. The van der Waals surface area contributed by atoms with E-state index >= 15 is 0 Å². The second kappa shape index (κ2) is 7.44. The van der Waals surface area contributed by atoms with Crippen LogP contribution >= 0.6 is 11.3 Å². The largest absolute Gasteiger partial charge is 0.487 e. The van der Waals surface area contributed by atoms with E-state index in [2.05, 4.69) is 11.8 Å². The van der Waals surface area contributed by atoms with E-state index in [1.807, 2.05) is 11.4 Å². The van der Waals surface area contributed by atoms with Gasteiger partial charge in [0.05, 0.1) is 6.61 Å². The SMILES string of the molecule is N#Cc1c(F)cccc1OCc1cc(C#CCCO)cs1. The summed E-state index contributed by atoms with van der Waals surface area (Å²) in [6.07, 6.45) is 0.441. The molecule has 0 aliphatic carbocycles. The zero-order valence-corrected chi connectivity index (χ0v) is 11.9. The van der Waals surface area contributed by atoms with Crippen molar-refractivity contribution in [2.75, 3.05) is 6.61 Å². The molecule has 0 saturated carbocycles. The number of aliphatic hydroxyl groups excluding tert-OH is 1. The van der Waals surface area contributed by atoms with Gasteiger partial charge in [0.25, 0.3) is 0 Å². The average molecular weight is 301 g/mol. The van der Waals surface area contributed by atoms with E-state index in [1.165, 1.54) is 23.5 Å². The Morgan fingerprint density at radius 1 is 1.38 bits per heavy atom. The maximum absolute atomic E-state index is 13.4. The fraction of sp³-hybridized carbons (Fsp3) is 0.188. The van der Waals surface area contributed by atoms with E-state index in [1.54, 1.807) is 12.1 Å². The molecule has 0 aliphatic rings. The number of nitrogens with zero attached hydrogens (tertiary/aromatic N) is 1. The Morgan fingerprint density at radius 2 is 2.24 bits per heavy atom. The van der Waals surface area contributed by atoms with Gasteiger partial charge in [0.1, 0.15) is 29.8 Å². The molecule has 0 atom stereocenters. The number of hydrogen-bond donors (Lipinski definition) is 1. The topological polar surface area (TPSA) is 53.2 Å². The molecule has 1 aromatic carbocycles. The van der Waals surface area contributed by atoms with Gasteiger partial charge in [0.2, 0.25) is 0 Å². The van der Waals surface area contributed by atoms with Gasteiger partial charge < -0.3 is 9.84 Å². The van der Waals surface area contributed by atoms with Crippen molar-refractivity contribution >= 4 is 11.3 Å². The molecule has 0 saturated heterocycles. The molecule has 1 aromatic heterocycles. The van der Waals surface area contributed by atoms with Crippen molar-refractivity contribution in [3.05, 3.63) is 51.5 Å². The standard InChI is InChI=1S/C16H12FNO2S/c17-15-5-3-6-16(14(15)9-18)20-10-13-8-12(11-21-13)4-1-2-7-19/h3,5-6,8,11,19H,2,7,10H2. The van der Waals surface area contributed by atoms with Crippen molar-refractivity contribution < 1.29 is 14.2 Å². The van der Waals surface area contributed by atoms with Crippen molar-refractivity contribution in [2.24, 2.45) is 0 Å². The average Bonchev–Trinajstić information content (AvgIpc) is 2.93. The highest BCUT2D eigenvalue weighted by molar-refractivity contribution is 7.10. The number of ether oxygens (including phenoxy) is 1. The van der Waals surface area contributed by atoms with Gasteiger partial charge >= 0.3 is 0 Å². The normalized spacial score (nSPS) is 9.57. The van der Waals surface area contributed by atoms with Gasteiger partial charge in [-0.3, -0.25) is 0 Å². The van der Waals surface area contributed by atoms with E-state index in [0.29, 0.717) is 6.42 Å². The molecule has 0 spiro atoms. The van der Waals surface area contributed by atoms with E-state index in [-0.39, 0.29) is 24.5 Å². The van der Waals surface area contributed by atoms with Crippen molar-refractivity contribution in [3.8, 4) is 23.7 Å². The molecule has 0 amide bonds. The maximum Gasteiger partial charge on any atom is 0.144 e. The monoisotopic (exact) mass is 301 g/mol. The summed E-state index contributed by atoms with van der Waals surface area (Å²) < 4.78 is 18.9. The van der Waals surface area contributed by atoms with E-state index < -0.39 is 5.82 Å². The molecule has 0 radical (unpaired) electrons. The highest BCUT2D eigenvalue weighted by Gasteiger charge is 2.09. The van der Waals surface area contributed by atoms with Crippen molar-refractivity contribution in [3.63, 3.8) is 0 Å². The molecule has 1 heterocycles. The Bertz CT molecular complexity index is 722. The summed E-state index contributed by atoms with van der Waals surface area (Å²) in [7, 11) is 0. The molecule has 2 rings (SSSR count). The van der Waals surface area contributed by atoms with Gasteiger partial charge in [-0.25, -0.2) is 4.39 Å². The van der Waals surface area contributed by atoms with Gasteiger partial charge in [-0.1, -0.05) is 17.9 Å². The minimum atomic E-state index is -0.586. The lowest BCUT2D eigenvalue weighted by Crippen LogP contribution is -1.97. The van der Waals surface area contributed by atoms with Crippen LogP contribution in [0.4, 0.5) is 4.39 Å². The summed E-state index contributed by atoms with van der Waals surface area (Å²) in [5, 5.41) is 19.5. The second-order valence-corrected chi connectivity index (χ2v) is 5.09. The first-order valence-corrected chi connectivity index (χ1v) is 7.11. The highest BCUT2D eigenvalue weighted by Crippen LogP contribution is 2.23. The summed E-state index contributed by atoms with van der Waals surface area (Å²) in [4.78, 5) is 0.927. The van der Waals surface area contributed by atoms with Crippen LogP contribution in [0.25, 0.3) is 0 Å². The van der Waals surface area contributed by atoms with E-state index in [9.17, 15) is 4.39 Å². The van der Waals surface area contributed by atoms with Crippen LogP contribution in [0.1, 0.15) is 22.4 Å². The Hall–Kier alpha value is -2.34. The summed E-state index contributed by atoms with van der Waals surface area (Å²) in [5.41, 5.74) is 0.767. The van der Waals surface area contributed by atoms with Crippen molar-refractivity contribution in [2.45, 2.75) is 13.0 Å². The van der Waals surface area contributed by atoms with Gasteiger partial charge in [0.15, 0.2) is 0 Å². The lowest BCUT2D eigenvalue weighted by molar-refractivity contribution is 0.305. The molecule has 0 unspecified atom stereocenters. The van der Waals surface area contributed by atoms with E-state index in [0.717, 1.165) is 10.4 Å². The van der Waals surface area contributed by atoms with E-state index in [4.69, 9.17) is 15.1 Å². The zero-order valence-electron chi connectivity index (χ0n) is 11.1. The van der Waals surface area contributed by atoms with Crippen LogP contribution in [-0.4, -0.2) is 11.7 Å². The third-order valence-corrected chi connectivity index (χ3v) is 3.49. The summed E-state index contributed by atoms with van der Waals surface area (Å²) in [6.45, 7) is 0.300. The van der Waals surface area contributed by atoms with Gasteiger partial charge in [0, 0.05) is 22.2 Å². The highest BCUT2D eigenvalue weighted by atomic mass is 32.1. The van der Waals surface area contributed by atoms with Crippen LogP contribution in [0.5, 0.6) is 5.75 Å². The first kappa shape index (κ1) is 15.1. The number of rotatable bonds is 4. The first-order valence-electron chi connectivity index (χ1n) is 6.23. The van der Waals surface area contributed by atoms with Crippen LogP contribution in [0, 0.1) is 29.0 Å². The molecule has 106 valence electrons. The summed E-state index contributed by atoms with van der Waals surface area (Å²) in [5.74, 6) is 5.41. The summed E-state index contributed by atoms with van der Waals surface area (Å²) in [6, 6.07) is 7.97. The molecule has 0 fully saturated rings.